The van der Waals surface area contributed by atoms with Gasteiger partial charge in [-0.1, -0.05) is 23.7 Å². The number of carbonyl (C=O) groups excluding carboxylic acids is 1. The molecule has 120 valence electrons. The lowest BCUT2D eigenvalue weighted by Gasteiger charge is -2.24. The molecule has 1 aromatic carbocycles. The van der Waals surface area contributed by atoms with Gasteiger partial charge in [-0.15, -0.1) is 11.8 Å². The summed E-state index contributed by atoms with van der Waals surface area (Å²) < 4.78 is 5.42. The molecule has 3 rings (SSSR count). The first-order valence-electron chi connectivity index (χ1n) is 7.22. The number of ether oxygens (including phenoxy) is 1. The molecule has 0 aliphatic carbocycles. The lowest BCUT2D eigenvalue weighted by Crippen LogP contribution is -2.34. The van der Waals surface area contributed by atoms with Crippen LogP contribution in [0.1, 0.15) is 16.6 Å². The van der Waals surface area contributed by atoms with Crippen LogP contribution >= 0.6 is 23.4 Å². The van der Waals surface area contributed by atoms with Crippen molar-refractivity contribution in [3.05, 3.63) is 52.8 Å². The van der Waals surface area contributed by atoms with Crippen molar-refractivity contribution >= 4 is 29.3 Å². The van der Waals surface area contributed by atoms with Crippen LogP contribution < -0.4 is 4.74 Å². The van der Waals surface area contributed by atoms with E-state index in [1.807, 2.05) is 36.1 Å². The van der Waals surface area contributed by atoms with Crippen LogP contribution in [0.4, 0.5) is 0 Å². The van der Waals surface area contributed by atoms with E-state index < -0.39 is 0 Å². The quantitative estimate of drug-likeness (QED) is 0.849. The Hall–Kier alpha value is -1.79. The number of amides is 1. The van der Waals surface area contributed by atoms with E-state index in [-0.39, 0.29) is 23.9 Å². The molecule has 7 heteroatoms. The van der Waals surface area contributed by atoms with Crippen LogP contribution in [-0.4, -0.2) is 39.7 Å². The molecule has 1 fully saturated rings. The number of halogens is 1. The summed E-state index contributed by atoms with van der Waals surface area (Å²) in [5.41, 5.74) is 1.87. The predicted molar refractivity (Wildman–Crippen MR) is 90.6 cm³/mol. The molecule has 0 bridgehead atoms. The second kappa shape index (κ2) is 7.19. The topological polar surface area (TPSA) is 55.3 Å². The van der Waals surface area contributed by atoms with Crippen LogP contribution in [0, 0.1) is 6.92 Å². The number of benzene rings is 1. The predicted octanol–water partition coefficient (Wildman–Crippen LogP) is 3.09. The largest absolute Gasteiger partial charge is 0.453 e. The van der Waals surface area contributed by atoms with Crippen molar-refractivity contribution < 1.29 is 9.53 Å². The molecular formula is C16H16ClN3O2S. The van der Waals surface area contributed by atoms with Gasteiger partial charge in [-0.25, -0.2) is 9.97 Å². The van der Waals surface area contributed by atoms with Gasteiger partial charge in [-0.05, 0) is 30.7 Å². The van der Waals surface area contributed by atoms with Crippen molar-refractivity contribution in [1.29, 1.82) is 0 Å². The molecule has 23 heavy (non-hydrogen) atoms. The van der Waals surface area contributed by atoms with Crippen molar-refractivity contribution in [2.24, 2.45) is 0 Å². The van der Waals surface area contributed by atoms with Gasteiger partial charge in [-0.2, -0.15) is 0 Å². The molecule has 1 atom stereocenters. The molecule has 1 aromatic heterocycles. The Kier molecular flexibility index (Phi) is 5.03. The summed E-state index contributed by atoms with van der Waals surface area (Å²) in [4.78, 5) is 22.4. The summed E-state index contributed by atoms with van der Waals surface area (Å²) in [6.07, 6.45) is 1.62. The summed E-state index contributed by atoms with van der Waals surface area (Å²) >= 11 is 7.66. The molecule has 1 saturated heterocycles. The molecule has 1 aliphatic rings. The monoisotopic (exact) mass is 349 g/mol. The fourth-order valence-corrected chi connectivity index (χ4v) is 3.74. The molecule has 0 N–H and O–H groups in total. The van der Waals surface area contributed by atoms with Crippen LogP contribution in [0.2, 0.25) is 5.02 Å². The fraction of sp³-hybridized carbons (Fsp3) is 0.312. The van der Waals surface area contributed by atoms with E-state index in [2.05, 4.69) is 9.97 Å². The van der Waals surface area contributed by atoms with Crippen molar-refractivity contribution in [2.75, 3.05) is 18.9 Å². The number of rotatable bonds is 4. The third-order valence-corrected chi connectivity index (χ3v) is 4.98. The van der Waals surface area contributed by atoms with Crippen LogP contribution in [0.3, 0.4) is 0 Å². The van der Waals surface area contributed by atoms with Gasteiger partial charge in [0, 0.05) is 29.2 Å². The van der Waals surface area contributed by atoms with E-state index in [0.717, 1.165) is 17.0 Å². The maximum atomic E-state index is 12.5. The van der Waals surface area contributed by atoms with Crippen molar-refractivity contribution in [2.45, 2.75) is 12.3 Å². The van der Waals surface area contributed by atoms with Crippen molar-refractivity contribution in [1.82, 2.24) is 14.9 Å². The van der Waals surface area contributed by atoms with Crippen LogP contribution in [0.15, 0.2) is 36.5 Å². The van der Waals surface area contributed by atoms with Crippen molar-refractivity contribution in [3.63, 3.8) is 0 Å². The van der Waals surface area contributed by atoms with Gasteiger partial charge >= 0.3 is 6.01 Å². The normalized spacial score (nSPS) is 17.3. The lowest BCUT2D eigenvalue weighted by molar-refractivity contribution is -0.133. The highest BCUT2D eigenvalue weighted by Crippen LogP contribution is 2.38. The Morgan fingerprint density at radius 2 is 2.17 bits per heavy atom. The second-order valence-electron chi connectivity index (χ2n) is 5.13. The average molecular weight is 350 g/mol. The summed E-state index contributed by atoms with van der Waals surface area (Å²) in [5, 5.41) is 0.691. The fourth-order valence-electron chi connectivity index (χ4n) is 2.33. The minimum Gasteiger partial charge on any atom is -0.453 e. The Bertz CT molecular complexity index is 696. The zero-order chi connectivity index (χ0) is 16.2. The standard InChI is InChI=1S/C16H16ClN3O2S/c1-11-6-7-18-16(19-11)22-10-14(21)20-8-9-23-15(20)12-2-4-13(17)5-3-12/h2-7,15H,8-10H2,1H3. The second-order valence-corrected chi connectivity index (χ2v) is 6.76. The molecule has 2 aromatic rings. The molecule has 1 amide bonds. The molecule has 0 radical (unpaired) electrons. The Labute approximate surface area is 144 Å². The molecule has 5 nitrogen and oxygen atoms in total. The highest BCUT2D eigenvalue weighted by molar-refractivity contribution is 7.99. The van der Waals surface area contributed by atoms with Gasteiger partial charge in [0.2, 0.25) is 0 Å². The number of carbonyl (C=O) groups is 1. The number of thioether (sulfide) groups is 1. The molecule has 0 saturated carbocycles. The van der Waals surface area contributed by atoms with E-state index in [1.165, 1.54) is 0 Å². The minimum atomic E-state index is -0.0694. The van der Waals surface area contributed by atoms with Crippen LogP contribution in [0.25, 0.3) is 0 Å². The van der Waals surface area contributed by atoms with Crippen LogP contribution in [-0.2, 0) is 4.79 Å². The first-order chi connectivity index (χ1) is 11.1. The van der Waals surface area contributed by atoms with Crippen molar-refractivity contribution in [3.8, 4) is 6.01 Å². The molecule has 1 unspecified atom stereocenters. The lowest BCUT2D eigenvalue weighted by atomic mass is 10.2. The summed E-state index contributed by atoms with van der Waals surface area (Å²) in [6, 6.07) is 9.60. The number of nitrogens with zero attached hydrogens (tertiary/aromatic N) is 3. The smallest absolute Gasteiger partial charge is 0.317 e. The number of hydrogen-bond donors (Lipinski definition) is 0. The van der Waals surface area contributed by atoms with Gasteiger partial charge in [0.25, 0.3) is 5.91 Å². The van der Waals surface area contributed by atoms with Gasteiger partial charge in [0.15, 0.2) is 6.61 Å². The molecule has 1 aliphatic heterocycles. The first kappa shape index (κ1) is 16.1. The van der Waals surface area contributed by atoms with E-state index in [4.69, 9.17) is 16.3 Å². The van der Waals surface area contributed by atoms with Crippen LogP contribution in [0.5, 0.6) is 6.01 Å². The Morgan fingerprint density at radius 3 is 2.91 bits per heavy atom. The first-order valence-corrected chi connectivity index (χ1v) is 8.65. The summed E-state index contributed by atoms with van der Waals surface area (Å²) in [7, 11) is 0. The molecule has 2 heterocycles. The van der Waals surface area contributed by atoms with E-state index >= 15 is 0 Å². The third-order valence-electron chi connectivity index (χ3n) is 3.46. The minimum absolute atomic E-state index is 0.00166. The Morgan fingerprint density at radius 1 is 1.39 bits per heavy atom. The third kappa shape index (κ3) is 3.95. The Balaban J connectivity index is 1.65. The van der Waals surface area contributed by atoms with E-state index in [0.29, 0.717) is 11.6 Å². The molecule has 0 spiro atoms. The highest BCUT2D eigenvalue weighted by Gasteiger charge is 2.30. The van der Waals surface area contributed by atoms with Gasteiger partial charge in [-0.3, -0.25) is 4.79 Å². The zero-order valence-corrected chi connectivity index (χ0v) is 14.2. The highest BCUT2D eigenvalue weighted by atomic mass is 35.5. The molecular weight excluding hydrogens is 334 g/mol. The number of aryl methyl sites for hydroxylation is 1. The van der Waals surface area contributed by atoms with E-state index in [9.17, 15) is 4.79 Å². The number of aromatic nitrogens is 2. The maximum absolute atomic E-state index is 12.5. The van der Waals surface area contributed by atoms with Gasteiger partial charge in [0.05, 0.1) is 0 Å². The summed E-state index contributed by atoms with van der Waals surface area (Å²) in [6.45, 7) is 2.49. The van der Waals surface area contributed by atoms with E-state index in [1.54, 1.807) is 24.0 Å². The maximum Gasteiger partial charge on any atom is 0.317 e. The van der Waals surface area contributed by atoms with Gasteiger partial charge in [0.1, 0.15) is 5.37 Å². The van der Waals surface area contributed by atoms with Gasteiger partial charge < -0.3 is 9.64 Å². The number of hydrogen-bond acceptors (Lipinski definition) is 5. The zero-order valence-electron chi connectivity index (χ0n) is 12.6. The SMILES string of the molecule is Cc1ccnc(OCC(=O)N2CCSC2c2ccc(Cl)cc2)n1. The average Bonchev–Trinajstić information content (AvgIpc) is 3.03. The summed E-state index contributed by atoms with van der Waals surface area (Å²) in [5.74, 6) is 0.833.